The van der Waals surface area contributed by atoms with Gasteiger partial charge in [-0.15, -0.1) is 0 Å². The summed E-state index contributed by atoms with van der Waals surface area (Å²) in [6.07, 6.45) is 7.08. The van der Waals surface area contributed by atoms with Crippen molar-refractivity contribution in [3.05, 3.63) is 34.3 Å². The van der Waals surface area contributed by atoms with E-state index in [1.165, 1.54) is 12.8 Å². The Balaban J connectivity index is 2.59. The number of carbonyl (C=O) groups is 2. The third-order valence-corrected chi connectivity index (χ3v) is 5.02. The molecule has 0 fully saturated rings. The van der Waals surface area contributed by atoms with E-state index in [0.717, 1.165) is 23.1 Å². The lowest BCUT2D eigenvalue weighted by Crippen LogP contribution is -2.47. The molecule has 1 rings (SSSR count). The van der Waals surface area contributed by atoms with Crippen molar-refractivity contribution in [2.75, 3.05) is 18.6 Å². The van der Waals surface area contributed by atoms with Crippen molar-refractivity contribution in [2.45, 2.75) is 45.1 Å². The zero-order valence-electron chi connectivity index (χ0n) is 14.4. The summed E-state index contributed by atoms with van der Waals surface area (Å²) in [5.41, 5.74) is 0.544. The van der Waals surface area contributed by atoms with Gasteiger partial charge in [0.05, 0.1) is 5.56 Å². The number of hydrogen-bond acceptors (Lipinski definition) is 3. The molecule has 4 nitrogen and oxygen atoms in total. The molecular formula is C18H27BrN2O2S. The van der Waals surface area contributed by atoms with E-state index in [9.17, 15) is 9.59 Å². The van der Waals surface area contributed by atoms with Crippen LogP contribution in [0.3, 0.4) is 0 Å². The SMILES string of the molecule is CCCCCCNC(=O)C(CCSC)NC(=O)c1ccccc1Br. The van der Waals surface area contributed by atoms with E-state index in [2.05, 4.69) is 33.5 Å². The van der Waals surface area contributed by atoms with Crippen LogP contribution in [0.15, 0.2) is 28.7 Å². The summed E-state index contributed by atoms with van der Waals surface area (Å²) < 4.78 is 0.728. The molecule has 1 aromatic carbocycles. The van der Waals surface area contributed by atoms with Crippen molar-refractivity contribution in [3.8, 4) is 0 Å². The van der Waals surface area contributed by atoms with Crippen molar-refractivity contribution in [3.63, 3.8) is 0 Å². The number of nitrogens with one attached hydrogen (secondary N) is 2. The van der Waals surface area contributed by atoms with Gasteiger partial charge in [0.25, 0.3) is 5.91 Å². The van der Waals surface area contributed by atoms with Crippen molar-refractivity contribution < 1.29 is 9.59 Å². The summed E-state index contributed by atoms with van der Waals surface area (Å²) in [4.78, 5) is 24.8. The van der Waals surface area contributed by atoms with Crippen LogP contribution in [0.1, 0.15) is 49.4 Å². The van der Waals surface area contributed by atoms with Crippen molar-refractivity contribution in [1.29, 1.82) is 0 Å². The number of unbranched alkanes of at least 4 members (excludes halogenated alkanes) is 3. The Bertz CT molecular complexity index is 525. The minimum atomic E-state index is -0.497. The first-order valence-electron chi connectivity index (χ1n) is 8.42. The molecule has 6 heteroatoms. The lowest BCUT2D eigenvalue weighted by Gasteiger charge is -2.18. The van der Waals surface area contributed by atoms with Gasteiger partial charge in [0.1, 0.15) is 6.04 Å². The van der Waals surface area contributed by atoms with E-state index in [-0.39, 0.29) is 11.8 Å². The van der Waals surface area contributed by atoms with Crippen LogP contribution >= 0.6 is 27.7 Å². The molecule has 0 heterocycles. The second-order valence-electron chi connectivity index (χ2n) is 5.64. The maximum absolute atomic E-state index is 12.4. The third kappa shape index (κ3) is 7.71. The fraction of sp³-hybridized carbons (Fsp3) is 0.556. The van der Waals surface area contributed by atoms with Crippen LogP contribution < -0.4 is 10.6 Å². The van der Waals surface area contributed by atoms with Crippen molar-refractivity contribution >= 4 is 39.5 Å². The van der Waals surface area contributed by atoms with Crippen LogP contribution in [-0.2, 0) is 4.79 Å². The van der Waals surface area contributed by atoms with Gasteiger partial charge in [-0.05, 0) is 52.9 Å². The zero-order chi connectivity index (χ0) is 17.8. The van der Waals surface area contributed by atoms with Crippen molar-refractivity contribution in [2.24, 2.45) is 0 Å². The molecule has 0 aliphatic carbocycles. The maximum atomic E-state index is 12.4. The van der Waals surface area contributed by atoms with E-state index in [1.807, 2.05) is 24.5 Å². The van der Waals surface area contributed by atoms with Crippen LogP contribution in [0.4, 0.5) is 0 Å². The summed E-state index contributed by atoms with van der Waals surface area (Å²) in [6, 6.07) is 6.73. The number of thioether (sulfide) groups is 1. The van der Waals surface area contributed by atoms with E-state index in [1.54, 1.807) is 17.8 Å². The van der Waals surface area contributed by atoms with Crippen LogP contribution in [0, 0.1) is 0 Å². The summed E-state index contributed by atoms with van der Waals surface area (Å²) in [5.74, 6) is 0.500. The molecule has 0 aliphatic heterocycles. The largest absolute Gasteiger partial charge is 0.354 e. The van der Waals surface area contributed by atoms with Gasteiger partial charge in [0, 0.05) is 11.0 Å². The Labute approximate surface area is 157 Å². The topological polar surface area (TPSA) is 58.2 Å². The lowest BCUT2D eigenvalue weighted by atomic mass is 10.1. The molecule has 0 bridgehead atoms. The fourth-order valence-corrected chi connectivity index (χ4v) is 3.21. The number of halogens is 1. The second-order valence-corrected chi connectivity index (χ2v) is 7.48. The first-order valence-corrected chi connectivity index (χ1v) is 10.6. The quantitative estimate of drug-likeness (QED) is 0.538. The van der Waals surface area contributed by atoms with Gasteiger partial charge in [-0.2, -0.15) is 11.8 Å². The van der Waals surface area contributed by atoms with Gasteiger partial charge >= 0.3 is 0 Å². The van der Waals surface area contributed by atoms with Gasteiger partial charge in [0.15, 0.2) is 0 Å². The third-order valence-electron chi connectivity index (χ3n) is 3.68. The van der Waals surface area contributed by atoms with Gasteiger partial charge in [-0.25, -0.2) is 0 Å². The van der Waals surface area contributed by atoms with Crippen LogP contribution in [0.2, 0.25) is 0 Å². The Morgan fingerprint density at radius 1 is 1.21 bits per heavy atom. The molecule has 0 saturated heterocycles. The van der Waals surface area contributed by atoms with E-state index < -0.39 is 6.04 Å². The van der Waals surface area contributed by atoms with Crippen LogP contribution in [0.25, 0.3) is 0 Å². The summed E-state index contributed by atoms with van der Waals surface area (Å²) in [7, 11) is 0. The maximum Gasteiger partial charge on any atom is 0.253 e. The molecule has 1 atom stereocenters. The van der Waals surface area contributed by atoms with Crippen molar-refractivity contribution in [1.82, 2.24) is 10.6 Å². The molecule has 1 unspecified atom stereocenters. The Kier molecular flexibility index (Phi) is 10.8. The molecule has 0 spiro atoms. The van der Waals surface area contributed by atoms with Gasteiger partial charge in [-0.1, -0.05) is 38.3 Å². The molecule has 2 amide bonds. The minimum Gasteiger partial charge on any atom is -0.354 e. The highest BCUT2D eigenvalue weighted by atomic mass is 79.9. The molecule has 0 saturated carbocycles. The predicted molar refractivity (Wildman–Crippen MR) is 106 cm³/mol. The molecule has 1 aromatic rings. The van der Waals surface area contributed by atoms with Crippen LogP contribution in [-0.4, -0.2) is 36.4 Å². The number of carbonyl (C=O) groups excluding carboxylic acids is 2. The highest BCUT2D eigenvalue weighted by Gasteiger charge is 2.21. The molecule has 134 valence electrons. The lowest BCUT2D eigenvalue weighted by molar-refractivity contribution is -0.123. The van der Waals surface area contributed by atoms with E-state index in [4.69, 9.17) is 0 Å². The second kappa shape index (κ2) is 12.4. The molecule has 0 aromatic heterocycles. The van der Waals surface area contributed by atoms with Gasteiger partial charge in [-0.3, -0.25) is 9.59 Å². The molecule has 24 heavy (non-hydrogen) atoms. The number of benzene rings is 1. The first-order chi connectivity index (χ1) is 11.6. The fourth-order valence-electron chi connectivity index (χ4n) is 2.27. The molecule has 0 aliphatic rings. The molecule has 2 N–H and O–H groups in total. The summed E-state index contributed by atoms with van der Waals surface area (Å²) >= 11 is 5.04. The molecule has 0 radical (unpaired) electrons. The first kappa shape index (κ1) is 21.0. The average Bonchev–Trinajstić information content (AvgIpc) is 2.58. The Hall–Kier alpha value is -1.01. The Morgan fingerprint density at radius 2 is 1.96 bits per heavy atom. The van der Waals surface area contributed by atoms with Gasteiger partial charge < -0.3 is 10.6 Å². The number of rotatable bonds is 11. The van der Waals surface area contributed by atoms with Gasteiger partial charge in [0.2, 0.25) is 5.91 Å². The van der Waals surface area contributed by atoms with E-state index in [0.29, 0.717) is 18.5 Å². The highest BCUT2D eigenvalue weighted by Crippen LogP contribution is 2.16. The Morgan fingerprint density at radius 3 is 2.62 bits per heavy atom. The number of amides is 2. The summed E-state index contributed by atoms with van der Waals surface area (Å²) in [5, 5.41) is 5.81. The van der Waals surface area contributed by atoms with Crippen LogP contribution in [0.5, 0.6) is 0 Å². The summed E-state index contributed by atoms with van der Waals surface area (Å²) in [6.45, 7) is 2.83. The molecular weight excluding hydrogens is 388 g/mol. The average molecular weight is 415 g/mol. The predicted octanol–water partition coefficient (Wildman–Crippen LogP) is 4.00. The zero-order valence-corrected chi connectivity index (χ0v) is 16.8. The minimum absolute atomic E-state index is 0.0963. The monoisotopic (exact) mass is 414 g/mol. The van der Waals surface area contributed by atoms with E-state index >= 15 is 0 Å². The normalized spacial score (nSPS) is 11.8. The number of hydrogen-bond donors (Lipinski definition) is 2. The standard InChI is InChI=1S/C18H27BrN2O2S/c1-3-4-5-8-12-20-18(23)16(11-13-24-2)21-17(22)14-9-6-7-10-15(14)19/h6-7,9-10,16H,3-5,8,11-13H2,1-2H3,(H,20,23)(H,21,22). The smallest absolute Gasteiger partial charge is 0.253 e. The highest BCUT2D eigenvalue weighted by molar-refractivity contribution is 9.10.